The highest BCUT2D eigenvalue weighted by molar-refractivity contribution is 5.50. The van der Waals surface area contributed by atoms with Gasteiger partial charge in [0, 0.05) is 6.61 Å². The Balaban J connectivity index is 3.40. The predicted molar refractivity (Wildman–Crippen MR) is 54.7 cm³/mol. The first kappa shape index (κ1) is 12.6. The van der Waals surface area contributed by atoms with Gasteiger partial charge in [-0.05, 0) is 24.2 Å². The van der Waals surface area contributed by atoms with Gasteiger partial charge >= 0.3 is 0 Å². The number of aldehydes is 1. The van der Waals surface area contributed by atoms with Crippen molar-refractivity contribution in [2.45, 2.75) is 40.5 Å². The van der Waals surface area contributed by atoms with Gasteiger partial charge in [0.15, 0.2) is 0 Å². The average Bonchev–Trinajstić information content (AvgIpc) is 1.94. The van der Waals surface area contributed by atoms with Gasteiger partial charge in [0.25, 0.3) is 0 Å². The second-order valence-electron chi connectivity index (χ2n) is 4.90. The Morgan fingerprint density at radius 3 is 2.46 bits per heavy atom. The van der Waals surface area contributed by atoms with Gasteiger partial charge in [-0.1, -0.05) is 27.7 Å². The number of carbonyl (C=O) groups excluding carboxylic acids is 1. The maximum absolute atomic E-state index is 9.95. The molecule has 1 atom stereocenters. The summed E-state index contributed by atoms with van der Waals surface area (Å²) in [5, 5.41) is 0. The van der Waals surface area contributed by atoms with Crippen molar-refractivity contribution in [1.29, 1.82) is 0 Å². The van der Waals surface area contributed by atoms with Crippen LogP contribution in [0, 0.1) is 11.3 Å². The van der Waals surface area contributed by atoms with Gasteiger partial charge in [0.05, 0.1) is 0 Å². The zero-order valence-corrected chi connectivity index (χ0v) is 9.30. The standard InChI is InChI=1S/C11H22O2/c1-10(9-11(2,3)4)5-7-13-8-6-12/h6,10H,5,7-9H2,1-4H3. The predicted octanol–water partition coefficient (Wildman–Crippen LogP) is 2.66. The van der Waals surface area contributed by atoms with Crippen LogP contribution in [-0.2, 0) is 9.53 Å². The normalized spacial score (nSPS) is 14.2. The highest BCUT2D eigenvalue weighted by atomic mass is 16.5. The van der Waals surface area contributed by atoms with Crippen molar-refractivity contribution in [3.63, 3.8) is 0 Å². The van der Waals surface area contributed by atoms with E-state index in [2.05, 4.69) is 27.7 Å². The maximum Gasteiger partial charge on any atom is 0.145 e. The zero-order chi connectivity index (χ0) is 10.3. The molecule has 0 aromatic heterocycles. The van der Waals surface area contributed by atoms with E-state index < -0.39 is 0 Å². The lowest BCUT2D eigenvalue weighted by Crippen LogP contribution is -2.13. The highest BCUT2D eigenvalue weighted by Gasteiger charge is 2.14. The van der Waals surface area contributed by atoms with Crippen LogP contribution in [0.1, 0.15) is 40.5 Å². The molecule has 0 N–H and O–H groups in total. The van der Waals surface area contributed by atoms with Crippen molar-refractivity contribution in [3.8, 4) is 0 Å². The summed E-state index contributed by atoms with van der Waals surface area (Å²) in [4.78, 5) is 9.95. The summed E-state index contributed by atoms with van der Waals surface area (Å²) in [6.07, 6.45) is 3.05. The van der Waals surface area contributed by atoms with Crippen molar-refractivity contribution < 1.29 is 9.53 Å². The fourth-order valence-electron chi connectivity index (χ4n) is 1.56. The van der Waals surface area contributed by atoms with E-state index in [0.29, 0.717) is 17.9 Å². The number of rotatable bonds is 6. The summed E-state index contributed by atoms with van der Waals surface area (Å²) in [6.45, 7) is 9.91. The first-order chi connectivity index (χ1) is 5.95. The van der Waals surface area contributed by atoms with E-state index in [4.69, 9.17) is 4.74 Å². The lowest BCUT2D eigenvalue weighted by molar-refractivity contribution is -0.112. The molecule has 0 radical (unpaired) electrons. The molecule has 0 aliphatic carbocycles. The Kier molecular flexibility index (Phi) is 5.97. The Labute approximate surface area is 81.7 Å². The average molecular weight is 186 g/mol. The van der Waals surface area contributed by atoms with Gasteiger partial charge in [-0.2, -0.15) is 0 Å². The van der Waals surface area contributed by atoms with E-state index in [-0.39, 0.29) is 6.61 Å². The fraction of sp³-hybridized carbons (Fsp3) is 0.909. The minimum atomic E-state index is 0.238. The SMILES string of the molecule is CC(CCOCC=O)CC(C)(C)C. The second-order valence-corrected chi connectivity index (χ2v) is 4.90. The lowest BCUT2D eigenvalue weighted by Gasteiger charge is -2.22. The highest BCUT2D eigenvalue weighted by Crippen LogP contribution is 2.25. The molecule has 78 valence electrons. The molecule has 0 bridgehead atoms. The van der Waals surface area contributed by atoms with Crippen molar-refractivity contribution in [1.82, 2.24) is 0 Å². The topological polar surface area (TPSA) is 26.3 Å². The summed E-state index contributed by atoms with van der Waals surface area (Å²) < 4.78 is 5.10. The molecule has 0 aliphatic heterocycles. The van der Waals surface area contributed by atoms with E-state index in [9.17, 15) is 4.79 Å². The van der Waals surface area contributed by atoms with E-state index in [1.165, 1.54) is 6.42 Å². The second kappa shape index (κ2) is 6.14. The van der Waals surface area contributed by atoms with Crippen LogP contribution in [0.4, 0.5) is 0 Å². The van der Waals surface area contributed by atoms with Crippen LogP contribution in [0.3, 0.4) is 0 Å². The number of hydrogen-bond acceptors (Lipinski definition) is 2. The quantitative estimate of drug-likeness (QED) is 0.471. The number of ether oxygens (including phenoxy) is 1. The molecule has 0 saturated heterocycles. The Morgan fingerprint density at radius 2 is 2.00 bits per heavy atom. The molecule has 2 nitrogen and oxygen atoms in total. The van der Waals surface area contributed by atoms with Crippen LogP contribution in [-0.4, -0.2) is 19.5 Å². The first-order valence-corrected chi connectivity index (χ1v) is 4.97. The summed E-state index contributed by atoms with van der Waals surface area (Å²) >= 11 is 0. The van der Waals surface area contributed by atoms with Crippen LogP contribution in [0.15, 0.2) is 0 Å². The smallest absolute Gasteiger partial charge is 0.145 e. The van der Waals surface area contributed by atoms with E-state index in [1.54, 1.807) is 0 Å². The van der Waals surface area contributed by atoms with Crippen molar-refractivity contribution in [3.05, 3.63) is 0 Å². The van der Waals surface area contributed by atoms with Crippen LogP contribution in [0.25, 0.3) is 0 Å². The first-order valence-electron chi connectivity index (χ1n) is 4.97. The van der Waals surface area contributed by atoms with Gasteiger partial charge in [-0.15, -0.1) is 0 Å². The van der Waals surface area contributed by atoms with Crippen LogP contribution in [0.5, 0.6) is 0 Å². The number of hydrogen-bond donors (Lipinski definition) is 0. The van der Waals surface area contributed by atoms with Gasteiger partial charge in [-0.25, -0.2) is 0 Å². The van der Waals surface area contributed by atoms with Crippen molar-refractivity contribution in [2.75, 3.05) is 13.2 Å². The third kappa shape index (κ3) is 9.54. The largest absolute Gasteiger partial charge is 0.374 e. The van der Waals surface area contributed by atoms with Crippen molar-refractivity contribution >= 4 is 6.29 Å². The Bertz CT molecular complexity index is 136. The molecule has 0 aromatic carbocycles. The number of carbonyl (C=O) groups is 1. The zero-order valence-electron chi connectivity index (χ0n) is 9.30. The van der Waals surface area contributed by atoms with Crippen LogP contribution < -0.4 is 0 Å². The monoisotopic (exact) mass is 186 g/mol. The maximum atomic E-state index is 9.95. The molecule has 0 fully saturated rings. The molecule has 0 spiro atoms. The minimum absolute atomic E-state index is 0.238. The lowest BCUT2D eigenvalue weighted by atomic mass is 9.84. The van der Waals surface area contributed by atoms with E-state index in [0.717, 1.165) is 12.7 Å². The van der Waals surface area contributed by atoms with E-state index >= 15 is 0 Å². The molecular weight excluding hydrogens is 164 g/mol. The molecule has 0 rings (SSSR count). The molecular formula is C11H22O2. The molecule has 2 heteroatoms. The molecule has 13 heavy (non-hydrogen) atoms. The molecule has 0 saturated carbocycles. The van der Waals surface area contributed by atoms with Crippen LogP contribution >= 0.6 is 0 Å². The van der Waals surface area contributed by atoms with Gasteiger partial charge in [0.1, 0.15) is 12.9 Å². The summed E-state index contributed by atoms with van der Waals surface area (Å²) in [6, 6.07) is 0. The molecule has 0 amide bonds. The molecule has 0 aliphatic rings. The van der Waals surface area contributed by atoms with Gasteiger partial charge in [0.2, 0.25) is 0 Å². The van der Waals surface area contributed by atoms with Gasteiger partial charge < -0.3 is 9.53 Å². The summed E-state index contributed by atoms with van der Waals surface area (Å²) in [5.74, 6) is 0.673. The third-order valence-corrected chi connectivity index (χ3v) is 1.90. The molecule has 0 aromatic rings. The van der Waals surface area contributed by atoms with Crippen LogP contribution in [0.2, 0.25) is 0 Å². The molecule has 0 heterocycles. The summed E-state index contributed by atoms with van der Waals surface area (Å²) in [5.41, 5.74) is 0.393. The molecule has 1 unspecified atom stereocenters. The summed E-state index contributed by atoms with van der Waals surface area (Å²) in [7, 11) is 0. The van der Waals surface area contributed by atoms with E-state index in [1.807, 2.05) is 0 Å². The fourth-order valence-corrected chi connectivity index (χ4v) is 1.56. The minimum Gasteiger partial charge on any atom is -0.374 e. The third-order valence-electron chi connectivity index (χ3n) is 1.90. The Morgan fingerprint density at radius 1 is 1.38 bits per heavy atom. The van der Waals surface area contributed by atoms with Crippen molar-refractivity contribution in [2.24, 2.45) is 11.3 Å². The van der Waals surface area contributed by atoms with Gasteiger partial charge in [-0.3, -0.25) is 0 Å². The Hall–Kier alpha value is -0.370.